The molecule has 0 spiro atoms. The van der Waals surface area contributed by atoms with Crippen molar-refractivity contribution in [3.63, 3.8) is 0 Å². The summed E-state index contributed by atoms with van der Waals surface area (Å²) in [5.41, 5.74) is 0.645. The number of hydrogen-bond acceptors (Lipinski definition) is 3. The van der Waals surface area contributed by atoms with Crippen molar-refractivity contribution >= 4 is 21.7 Å². The molecule has 0 aromatic heterocycles. The Kier molecular flexibility index (Phi) is 4.70. The maximum Gasteiger partial charge on any atom is 0.335 e. The molecule has 0 aliphatic carbocycles. The molecule has 2 rings (SSSR count). The number of aromatic carboxylic acids is 1. The molecule has 0 bridgehead atoms. The summed E-state index contributed by atoms with van der Waals surface area (Å²) in [5.74, 6) is -1.74. The van der Waals surface area contributed by atoms with Gasteiger partial charge in [-0.2, -0.15) is 0 Å². The fourth-order valence-corrected chi connectivity index (χ4v) is 3.61. The molecule has 7 heteroatoms. The third kappa shape index (κ3) is 3.50. The van der Waals surface area contributed by atoms with E-state index in [-0.39, 0.29) is 21.7 Å². The Balaban J connectivity index is 2.53. The summed E-state index contributed by atoms with van der Waals surface area (Å²) in [5, 5.41) is 9.04. The monoisotopic (exact) mass is 337 g/mol. The van der Waals surface area contributed by atoms with Crippen molar-refractivity contribution in [1.29, 1.82) is 0 Å². The summed E-state index contributed by atoms with van der Waals surface area (Å²) in [6.45, 7) is 3.23. The zero-order valence-corrected chi connectivity index (χ0v) is 13.4. The first kappa shape index (κ1) is 17.0. The number of anilines is 1. The van der Waals surface area contributed by atoms with E-state index in [0.717, 1.165) is 6.07 Å². The third-order valence-electron chi connectivity index (χ3n) is 3.50. The van der Waals surface area contributed by atoms with E-state index in [2.05, 4.69) is 4.72 Å². The molecular weight excluding hydrogens is 321 g/mol. The van der Waals surface area contributed by atoms with Gasteiger partial charge in [0.1, 0.15) is 5.82 Å². The molecule has 0 heterocycles. The zero-order chi connectivity index (χ0) is 17.2. The molecule has 0 radical (unpaired) electrons. The maximum atomic E-state index is 13.6. The highest BCUT2D eigenvalue weighted by atomic mass is 32.2. The molecule has 0 amide bonds. The first-order valence-electron chi connectivity index (χ1n) is 6.90. The number of halogens is 1. The number of aryl methyl sites for hydroxylation is 1. The van der Waals surface area contributed by atoms with Crippen LogP contribution in [0.5, 0.6) is 0 Å². The summed E-state index contributed by atoms with van der Waals surface area (Å²) >= 11 is 0. The lowest BCUT2D eigenvalue weighted by molar-refractivity contribution is 0.0696. The number of carboxylic acids is 1. The molecule has 0 saturated heterocycles. The van der Waals surface area contributed by atoms with Crippen LogP contribution < -0.4 is 4.72 Å². The largest absolute Gasteiger partial charge is 0.478 e. The van der Waals surface area contributed by atoms with Gasteiger partial charge in [0.25, 0.3) is 10.0 Å². The second-order valence-corrected chi connectivity index (χ2v) is 6.65. The van der Waals surface area contributed by atoms with Crippen LogP contribution in [0.1, 0.15) is 28.4 Å². The van der Waals surface area contributed by atoms with E-state index in [1.807, 2.05) is 0 Å². The van der Waals surface area contributed by atoms with E-state index in [0.29, 0.717) is 12.0 Å². The molecule has 23 heavy (non-hydrogen) atoms. The highest BCUT2D eigenvalue weighted by Crippen LogP contribution is 2.24. The summed E-state index contributed by atoms with van der Waals surface area (Å²) in [7, 11) is -4.03. The first-order chi connectivity index (χ1) is 10.8. The standard InChI is InChI=1S/C16H16FNO4S/c1-3-11-7-8-12(16(19)20)9-15(11)23(21,22)18-14-6-4-5-13(17)10(14)2/h4-9,18H,3H2,1-2H3,(H,19,20). The van der Waals surface area contributed by atoms with Gasteiger partial charge in [-0.1, -0.05) is 19.1 Å². The average molecular weight is 337 g/mol. The Morgan fingerprint density at radius 3 is 2.57 bits per heavy atom. The zero-order valence-electron chi connectivity index (χ0n) is 12.6. The molecule has 122 valence electrons. The van der Waals surface area contributed by atoms with Gasteiger partial charge in [-0.15, -0.1) is 0 Å². The molecule has 0 fully saturated rings. The number of rotatable bonds is 5. The summed E-state index contributed by atoms with van der Waals surface area (Å²) in [4.78, 5) is 11.0. The third-order valence-corrected chi connectivity index (χ3v) is 4.94. The second kappa shape index (κ2) is 6.37. The van der Waals surface area contributed by atoms with Crippen LogP contribution in [0.25, 0.3) is 0 Å². The summed E-state index contributed by atoms with van der Waals surface area (Å²) in [6.07, 6.45) is 0.415. The van der Waals surface area contributed by atoms with Gasteiger partial charge in [0.05, 0.1) is 16.1 Å². The maximum absolute atomic E-state index is 13.6. The van der Waals surface area contributed by atoms with Gasteiger partial charge < -0.3 is 5.11 Å². The minimum atomic E-state index is -4.03. The van der Waals surface area contributed by atoms with Crippen LogP contribution in [0.15, 0.2) is 41.3 Å². The fourth-order valence-electron chi connectivity index (χ4n) is 2.15. The normalized spacial score (nSPS) is 11.3. The van der Waals surface area contributed by atoms with Gasteiger partial charge in [0, 0.05) is 5.56 Å². The molecule has 0 aliphatic heterocycles. The van der Waals surface area contributed by atoms with Crippen molar-refractivity contribution in [3.8, 4) is 0 Å². The molecular formula is C16H16FNO4S. The lowest BCUT2D eigenvalue weighted by atomic mass is 10.1. The lowest BCUT2D eigenvalue weighted by Crippen LogP contribution is -2.17. The Labute approximate surface area is 133 Å². The minimum Gasteiger partial charge on any atom is -0.478 e. The molecule has 2 aromatic carbocycles. The minimum absolute atomic E-state index is 0.118. The van der Waals surface area contributed by atoms with E-state index in [9.17, 15) is 17.6 Å². The number of hydrogen-bond donors (Lipinski definition) is 2. The summed E-state index contributed by atoms with van der Waals surface area (Å²) < 4.78 is 41.1. The van der Waals surface area contributed by atoms with Crippen LogP contribution in [-0.2, 0) is 16.4 Å². The van der Waals surface area contributed by atoms with Crippen LogP contribution >= 0.6 is 0 Å². The Morgan fingerprint density at radius 2 is 1.96 bits per heavy atom. The molecule has 0 aliphatic rings. The highest BCUT2D eigenvalue weighted by Gasteiger charge is 2.21. The predicted octanol–water partition coefficient (Wildman–Crippen LogP) is 3.20. The number of nitrogens with one attached hydrogen (secondary N) is 1. The van der Waals surface area contributed by atoms with E-state index in [1.165, 1.54) is 37.3 Å². The van der Waals surface area contributed by atoms with Crippen molar-refractivity contribution in [3.05, 3.63) is 58.9 Å². The van der Waals surface area contributed by atoms with Crippen molar-refractivity contribution in [1.82, 2.24) is 0 Å². The van der Waals surface area contributed by atoms with Crippen LogP contribution in [0, 0.1) is 12.7 Å². The highest BCUT2D eigenvalue weighted by molar-refractivity contribution is 7.92. The van der Waals surface area contributed by atoms with Crippen molar-refractivity contribution in [2.24, 2.45) is 0 Å². The topological polar surface area (TPSA) is 83.5 Å². The van der Waals surface area contributed by atoms with Crippen molar-refractivity contribution in [2.75, 3.05) is 4.72 Å². The van der Waals surface area contributed by atoms with Gasteiger partial charge in [-0.05, 0) is 43.2 Å². The number of carbonyl (C=O) groups is 1. The lowest BCUT2D eigenvalue weighted by Gasteiger charge is -2.14. The van der Waals surface area contributed by atoms with E-state index >= 15 is 0 Å². The molecule has 0 unspecified atom stereocenters. The van der Waals surface area contributed by atoms with Gasteiger partial charge in [0.2, 0.25) is 0 Å². The quantitative estimate of drug-likeness (QED) is 0.877. The van der Waals surface area contributed by atoms with Crippen LogP contribution in [0.4, 0.5) is 10.1 Å². The van der Waals surface area contributed by atoms with E-state index in [1.54, 1.807) is 6.92 Å². The molecule has 2 N–H and O–H groups in total. The van der Waals surface area contributed by atoms with Crippen LogP contribution in [0.2, 0.25) is 0 Å². The van der Waals surface area contributed by atoms with Crippen molar-refractivity contribution in [2.45, 2.75) is 25.2 Å². The second-order valence-electron chi connectivity index (χ2n) is 5.00. The first-order valence-corrected chi connectivity index (χ1v) is 8.38. The Bertz CT molecular complexity index is 862. The van der Waals surface area contributed by atoms with Gasteiger partial charge in [-0.25, -0.2) is 17.6 Å². The molecule has 0 atom stereocenters. The average Bonchev–Trinajstić information content (AvgIpc) is 2.51. The Hall–Kier alpha value is -2.41. The fraction of sp³-hybridized carbons (Fsp3) is 0.188. The number of sulfonamides is 1. The summed E-state index contributed by atoms with van der Waals surface area (Å²) in [6, 6.07) is 8.01. The van der Waals surface area contributed by atoms with Gasteiger partial charge in [-0.3, -0.25) is 4.72 Å². The predicted molar refractivity (Wildman–Crippen MR) is 84.7 cm³/mol. The van der Waals surface area contributed by atoms with E-state index in [4.69, 9.17) is 5.11 Å². The van der Waals surface area contributed by atoms with Crippen LogP contribution in [0.3, 0.4) is 0 Å². The van der Waals surface area contributed by atoms with E-state index < -0.39 is 21.8 Å². The number of benzene rings is 2. The Morgan fingerprint density at radius 1 is 1.26 bits per heavy atom. The SMILES string of the molecule is CCc1ccc(C(=O)O)cc1S(=O)(=O)Nc1cccc(F)c1C. The van der Waals surface area contributed by atoms with Gasteiger partial charge in [0.15, 0.2) is 0 Å². The molecule has 5 nitrogen and oxygen atoms in total. The smallest absolute Gasteiger partial charge is 0.335 e. The van der Waals surface area contributed by atoms with Crippen molar-refractivity contribution < 1.29 is 22.7 Å². The number of carboxylic acid groups (broad SMARTS) is 1. The molecule has 2 aromatic rings. The van der Waals surface area contributed by atoms with Crippen LogP contribution in [-0.4, -0.2) is 19.5 Å². The molecule has 0 saturated carbocycles. The van der Waals surface area contributed by atoms with Gasteiger partial charge >= 0.3 is 5.97 Å².